The van der Waals surface area contributed by atoms with Gasteiger partial charge in [0.1, 0.15) is 5.56 Å². The highest BCUT2D eigenvalue weighted by Crippen LogP contribution is 2.35. The van der Waals surface area contributed by atoms with Crippen LogP contribution in [0.5, 0.6) is 5.75 Å². The molecule has 0 saturated heterocycles. The van der Waals surface area contributed by atoms with Crippen molar-refractivity contribution in [3.05, 3.63) is 26.4 Å². The molecule has 0 aliphatic carbocycles. The first-order valence-corrected chi connectivity index (χ1v) is 5.41. The quantitative estimate of drug-likeness (QED) is 0.775. The Morgan fingerprint density at radius 1 is 1.33 bits per heavy atom. The Bertz CT molecular complexity index is 407. The predicted octanol–water partition coefficient (Wildman–Crippen LogP) is 3.15. The maximum Gasteiger partial charge on any atom is 0.342 e. The summed E-state index contributed by atoms with van der Waals surface area (Å²) >= 11 is 6.19. The molecule has 0 unspecified atom stereocenters. The second kappa shape index (κ2) is 4.94. The van der Waals surface area contributed by atoms with E-state index < -0.39 is 11.8 Å². The van der Waals surface area contributed by atoms with E-state index in [0.717, 1.165) is 0 Å². The van der Waals surface area contributed by atoms with Gasteiger partial charge in [-0.2, -0.15) is 0 Å². The Morgan fingerprint density at radius 2 is 1.93 bits per heavy atom. The average molecular weight is 342 g/mol. The van der Waals surface area contributed by atoms with E-state index in [2.05, 4.69) is 36.6 Å². The van der Waals surface area contributed by atoms with Crippen molar-refractivity contribution in [2.45, 2.75) is 0 Å². The summed E-state index contributed by atoms with van der Waals surface area (Å²) in [6, 6.07) is 1.52. The van der Waals surface area contributed by atoms with Crippen LogP contribution in [-0.2, 0) is 4.74 Å². The minimum Gasteiger partial charge on any atom is -0.492 e. The molecule has 15 heavy (non-hydrogen) atoms. The molecule has 0 aliphatic heterocycles. The van der Waals surface area contributed by atoms with Crippen molar-refractivity contribution in [3.63, 3.8) is 0 Å². The lowest BCUT2D eigenvalue weighted by molar-refractivity contribution is 0.0593. The third-order valence-electron chi connectivity index (χ3n) is 1.72. The van der Waals surface area contributed by atoms with Gasteiger partial charge in [-0.15, -0.1) is 0 Å². The van der Waals surface area contributed by atoms with E-state index in [1.54, 1.807) is 0 Å². The van der Waals surface area contributed by atoms with Crippen molar-refractivity contribution < 1.29 is 18.7 Å². The van der Waals surface area contributed by atoms with Gasteiger partial charge in [0.15, 0.2) is 11.6 Å². The molecule has 1 aromatic carbocycles. The van der Waals surface area contributed by atoms with Crippen LogP contribution in [0.4, 0.5) is 4.39 Å². The van der Waals surface area contributed by atoms with Gasteiger partial charge < -0.3 is 9.47 Å². The first kappa shape index (κ1) is 12.4. The van der Waals surface area contributed by atoms with Gasteiger partial charge in [0, 0.05) is 4.47 Å². The molecule has 0 aromatic heterocycles. The number of methoxy groups -OCH3 is 2. The molecule has 0 spiro atoms. The Labute approximate surface area is 103 Å². The Kier molecular flexibility index (Phi) is 4.10. The third kappa shape index (κ3) is 2.31. The maximum absolute atomic E-state index is 13.7. The summed E-state index contributed by atoms with van der Waals surface area (Å²) in [5.74, 6) is -1.55. The molecule has 3 nitrogen and oxygen atoms in total. The minimum absolute atomic E-state index is 0.0291. The van der Waals surface area contributed by atoms with Crippen LogP contribution in [0.2, 0.25) is 0 Å². The van der Waals surface area contributed by atoms with Crippen LogP contribution in [0.1, 0.15) is 10.4 Å². The molecule has 6 heteroatoms. The molecular weight excluding hydrogens is 335 g/mol. The summed E-state index contributed by atoms with van der Waals surface area (Å²) in [6.07, 6.45) is 0. The zero-order valence-corrected chi connectivity index (χ0v) is 11.1. The molecule has 0 atom stereocenters. The van der Waals surface area contributed by atoms with Crippen LogP contribution in [0.3, 0.4) is 0 Å². The van der Waals surface area contributed by atoms with Gasteiger partial charge in [-0.3, -0.25) is 0 Å². The highest BCUT2D eigenvalue weighted by molar-refractivity contribution is 9.11. The molecule has 0 aliphatic rings. The van der Waals surface area contributed by atoms with Gasteiger partial charge in [0.05, 0.1) is 18.7 Å². The van der Waals surface area contributed by atoms with Crippen LogP contribution in [-0.4, -0.2) is 20.2 Å². The van der Waals surface area contributed by atoms with Crippen LogP contribution in [0.25, 0.3) is 0 Å². The zero-order chi connectivity index (χ0) is 11.6. The van der Waals surface area contributed by atoms with Gasteiger partial charge in [-0.25, -0.2) is 9.18 Å². The number of hydrogen-bond donors (Lipinski definition) is 0. The molecule has 1 rings (SSSR count). The normalized spacial score (nSPS) is 9.93. The molecule has 82 valence electrons. The summed E-state index contributed by atoms with van der Waals surface area (Å²) in [7, 11) is 2.50. The topological polar surface area (TPSA) is 35.5 Å². The first-order chi connectivity index (χ1) is 7.02. The fourth-order valence-electron chi connectivity index (χ4n) is 1.05. The van der Waals surface area contributed by atoms with Crippen molar-refractivity contribution in [2.24, 2.45) is 0 Å². The fraction of sp³-hybridized carbons (Fsp3) is 0.222. The highest BCUT2D eigenvalue weighted by atomic mass is 79.9. The molecule has 1 aromatic rings. The number of esters is 1. The summed E-state index contributed by atoms with van der Waals surface area (Å²) in [4.78, 5) is 11.3. The molecule has 0 heterocycles. The molecular formula is C9H7Br2FO3. The van der Waals surface area contributed by atoms with E-state index >= 15 is 0 Å². The van der Waals surface area contributed by atoms with E-state index in [-0.39, 0.29) is 11.3 Å². The van der Waals surface area contributed by atoms with Crippen molar-refractivity contribution in [2.75, 3.05) is 14.2 Å². The SMILES string of the molecule is COC(=O)c1c(Br)cc(Br)c(OC)c1F. The van der Waals surface area contributed by atoms with Gasteiger partial charge in [0.25, 0.3) is 0 Å². The number of benzene rings is 1. The lowest BCUT2D eigenvalue weighted by atomic mass is 10.2. The summed E-state index contributed by atoms with van der Waals surface area (Å²) in [5.41, 5.74) is -0.183. The second-order valence-electron chi connectivity index (χ2n) is 2.55. The Morgan fingerprint density at radius 3 is 2.40 bits per heavy atom. The van der Waals surface area contributed by atoms with Gasteiger partial charge in [-0.1, -0.05) is 0 Å². The standard InChI is InChI=1S/C9H7Br2FO3/c1-14-8-5(11)3-4(10)6(7(8)12)9(13)15-2/h3H,1-2H3. The fourth-order valence-corrected chi connectivity index (χ4v) is 2.49. The number of carbonyl (C=O) groups is 1. The molecule has 0 N–H and O–H groups in total. The zero-order valence-electron chi connectivity index (χ0n) is 7.94. The summed E-state index contributed by atoms with van der Waals surface area (Å²) in [6.45, 7) is 0. The number of hydrogen-bond acceptors (Lipinski definition) is 3. The van der Waals surface area contributed by atoms with E-state index in [1.807, 2.05) is 0 Å². The number of carbonyl (C=O) groups excluding carboxylic acids is 1. The highest BCUT2D eigenvalue weighted by Gasteiger charge is 2.22. The second-order valence-corrected chi connectivity index (χ2v) is 4.26. The predicted molar refractivity (Wildman–Crippen MR) is 59.7 cm³/mol. The third-order valence-corrected chi connectivity index (χ3v) is 2.94. The van der Waals surface area contributed by atoms with E-state index in [9.17, 15) is 9.18 Å². The van der Waals surface area contributed by atoms with Crippen molar-refractivity contribution in [1.29, 1.82) is 0 Å². The van der Waals surface area contributed by atoms with Crippen LogP contribution >= 0.6 is 31.9 Å². The van der Waals surface area contributed by atoms with Crippen molar-refractivity contribution in [1.82, 2.24) is 0 Å². The van der Waals surface area contributed by atoms with E-state index in [4.69, 9.17) is 4.74 Å². The van der Waals surface area contributed by atoms with Gasteiger partial charge in [0.2, 0.25) is 0 Å². The smallest absolute Gasteiger partial charge is 0.342 e. The molecule has 0 amide bonds. The van der Waals surface area contributed by atoms with Crippen molar-refractivity contribution in [3.8, 4) is 5.75 Å². The molecule has 0 fully saturated rings. The minimum atomic E-state index is -0.759. The van der Waals surface area contributed by atoms with Crippen LogP contribution in [0, 0.1) is 5.82 Å². The summed E-state index contributed by atoms with van der Waals surface area (Å²) < 4.78 is 23.7. The lowest BCUT2D eigenvalue weighted by Crippen LogP contribution is -2.07. The van der Waals surface area contributed by atoms with Gasteiger partial charge in [-0.05, 0) is 37.9 Å². The first-order valence-electron chi connectivity index (χ1n) is 3.82. The number of ether oxygens (including phenoxy) is 2. The van der Waals surface area contributed by atoms with E-state index in [1.165, 1.54) is 20.3 Å². The van der Waals surface area contributed by atoms with Crippen LogP contribution in [0.15, 0.2) is 15.0 Å². The average Bonchev–Trinajstić information content (AvgIpc) is 2.17. The Hall–Kier alpha value is -0.620. The van der Waals surface area contributed by atoms with Crippen LogP contribution < -0.4 is 4.74 Å². The number of halogens is 3. The monoisotopic (exact) mass is 340 g/mol. The Balaban J connectivity index is 3.45. The maximum atomic E-state index is 13.7. The molecule has 0 bridgehead atoms. The molecule has 0 radical (unpaired) electrons. The van der Waals surface area contributed by atoms with Gasteiger partial charge >= 0.3 is 5.97 Å². The largest absolute Gasteiger partial charge is 0.492 e. The molecule has 0 saturated carbocycles. The van der Waals surface area contributed by atoms with E-state index in [0.29, 0.717) is 8.95 Å². The van der Waals surface area contributed by atoms with Crippen molar-refractivity contribution >= 4 is 37.8 Å². The summed E-state index contributed by atoms with van der Waals surface area (Å²) in [5, 5.41) is 0. The number of rotatable bonds is 2. The lowest BCUT2D eigenvalue weighted by Gasteiger charge is -2.10.